The van der Waals surface area contributed by atoms with E-state index in [4.69, 9.17) is 4.52 Å². The highest BCUT2D eigenvalue weighted by atomic mass is 16.6. The molecule has 0 unspecified atom stereocenters. The highest BCUT2D eigenvalue weighted by Gasteiger charge is 2.23. The number of nitro benzene ring substituents is 1. The molecule has 1 aromatic carbocycles. The van der Waals surface area contributed by atoms with Crippen LogP contribution in [-0.4, -0.2) is 59.5 Å². The zero-order valence-corrected chi connectivity index (χ0v) is 16.9. The summed E-state index contributed by atoms with van der Waals surface area (Å²) in [4.78, 5) is 38.7. The number of carbonyl (C=O) groups excluding carboxylic acids is 2. The Balaban J connectivity index is 1.68. The van der Waals surface area contributed by atoms with Crippen molar-refractivity contribution in [3.63, 3.8) is 0 Å². The lowest BCUT2D eigenvalue weighted by Gasteiger charge is -2.27. The van der Waals surface area contributed by atoms with Crippen LogP contribution in [0, 0.1) is 17.0 Å². The normalized spacial score (nSPS) is 14.3. The van der Waals surface area contributed by atoms with Crippen LogP contribution in [0.15, 0.2) is 34.9 Å². The molecule has 0 saturated carbocycles. The molecule has 10 heteroatoms. The molecular formula is C20H26N5O5+. The van der Waals surface area contributed by atoms with Gasteiger partial charge < -0.3 is 19.6 Å². The van der Waals surface area contributed by atoms with E-state index in [1.807, 2.05) is 0 Å². The Bertz CT molecular complexity index is 889. The molecule has 160 valence electrons. The lowest BCUT2D eigenvalue weighted by Crippen LogP contribution is -3.13. The van der Waals surface area contributed by atoms with Crippen molar-refractivity contribution >= 4 is 23.3 Å². The van der Waals surface area contributed by atoms with Crippen LogP contribution in [0.25, 0.3) is 0 Å². The van der Waals surface area contributed by atoms with Crippen molar-refractivity contribution in [2.75, 3.05) is 38.0 Å². The van der Waals surface area contributed by atoms with Gasteiger partial charge in [0.2, 0.25) is 5.91 Å². The number of nitrogens with one attached hydrogen (secondary N) is 2. The number of piperidine rings is 1. The standard InChI is InChI=1S/C20H25N5O5/c1-15-13-18(22-30-15)21-19(26)14-24(12-11-23-9-3-2-4-10-23)20(27)16-5-7-17(8-6-16)25(28)29/h5-8,13H,2-4,9-12,14H2,1H3,(H,21,22,26)/p+1. The summed E-state index contributed by atoms with van der Waals surface area (Å²) in [7, 11) is 0. The molecule has 3 rings (SSSR count). The van der Waals surface area contributed by atoms with Crippen LogP contribution in [0.3, 0.4) is 0 Å². The summed E-state index contributed by atoms with van der Waals surface area (Å²) in [5.74, 6) is 0.139. The second kappa shape index (κ2) is 9.97. The number of carbonyl (C=O) groups is 2. The Morgan fingerprint density at radius 2 is 1.93 bits per heavy atom. The van der Waals surface area contributed by atoms with Crippen LogP contribution in [0.1, 0.15) is 35.4 Å². The Morgan fingerprint density at radius 1 is 1.23 bits per heavy atom. The van der Waals surface area contributed by atoms with Gasteiger partial charge >= 0.3 is 0 Å². The van der Waals surface area contributed by atoms with Gasteiger partial charge in [0.25, 0.3) is 11.6 Å². The first-order chi connectivity index (χ1) is 14.4. The third-order valence-electron chi connectivity index (χ3n) is 5.14. The summed E-state index contributed by atoms with van der Waals surface area (Å²) in [6.45, 7) is 4.85. The number of non-ortho nitro benzene ring substituents is 1. The number of amides is 2. The molecule has 1 aromatic heterocycles. The Morgan fingerprint density at radius 3 is 2.53 bits per heavy atom. The summed E-state index contributed by atoms with van der Waals surface area (Å²) in [6.07, 6.45) is 3.56. The van der Waals surface area contributed by atoms with Gasteiger partial charge in [0.15, 0.2) is 5.82 Å². The fraction of sp³-hybridized carbons (Fsp3) is 0.450. The number of likely N-dealkylation sites (tertiary alicyclic amines) is 1. The lowest BCUT2D eigenvalue weighted by atomic mass is 10.1. The molecule has 0 spiro atoms. The van der Waals surface area contributed by atoms with Crippen LogP contribution in [-0.2, 0) is 4.79 Å². The zero-order valence-electron chi connectivity index (χ0n) is 16.9. The summed E-state index contributed by atoms with van der Waals surface area (Å²) >= 11 is 0. The Hall–Kier alpha value is -3.27. The number of hydrogen-bond donors (Lipinski definition) is 2. The van der Waals surface area contributed by atoms with Gasteiger partial charge in [-0.1, -0.05) is 5.16 Å². The number of aromatic nitrogens is 1. The third-order valence-corrected chi connectivity index (χ3v) is 5.14. The summed E-state index contributed by atoms with van der Waals surface area (Å²) in [5, 5.41) is 17.2. The molecule has 0 bridgehead atoms. The summed E-state index contributed by atoms with van der Waals surface area (Å²) in [5.41, 5.74) is 0.217. The van der Waals surface area contributed by atoms with Crippen molar-refractivity contribution in [3.05, 3.63) is 51.8 Å². The number of rotatable bonds is 8. The fourth-order valence-electron chi connectivity index (χ4n) is 3.54. The summed E-state index contributed by atoms with van der Waals surface area (Å²) in [6, 6.07) is 7.01. The molecule has 0 atom stereocenters. The van der Waals surface area contributed by atoms with E-state index in [1.165, 1.54) is 40.5 Å². The van der Waals surface area contributed by atoms with E-state index in [9.17, 15) is 19.7 Å². The number of anilines is 1. The maximum Gasteiger partial charge on any atom is 0.269 e. The van der Waals surface area contributed by atoms with E-state index >= 15 is 0 Å². The zero-order chi connectivity index (χ0) is 21.5. The highest BCUT2D eigenvalue weighted by molar-refractivity contribution is 5.99. The predicted octanol–water partition coefficient (Wildman–Crippen LogP) is 1.04. The van der Waals surface area contributed by atoms with Crippen LogP contribution in [0.5, 0.6) is 0 Å². The molecule has 1 fully saturated rings. The van der Waals surface area contributed by atoms with E-state index in [1.54, 1.807) is 13.0 Å². The molecule has 2 aromatic rings. The molecule has 1 aliphatic heterocycles. The number of nitro groups is 1. The number of quaternary nitrogens is 1. The monoisotopic (exact) mass is 416 g/mol. The first kappa shape index (κ1) is 21.4. The van der Waals surface area contributed by atoms with Crippen molar-refractivity contribution in [3.8, 4) is 0 Å². The van der Waals surface area contributed by atoms with Crippen molar-refractivity contribution in [1.29, 1.82) is 0 Å². The topological polar surface area (TPSA) is 123 Å². The molecule has 1 saturated heterocycles. The highest BCUT2D eigenvalue weighted by Crippen LogP contribution is 2.14. The predicted molar refractivity (Wildman–Crippen MR) is 108 cm³/mol. The minimum Gasteiger partial charge on any atom is -0.360 e. The first-order valence-corrected chi connectivity index (χ1v) is 10.0. The summed E-state index contributed by atoms with van der Waals surface area (Å²) < 4.78 is 4.94. The van der Waals surface area contributed by atoms with Gasteiger partial charge in [-0.05, 0) is 38.3 Å². The molecule has 1 aliphatic rings. The van der Waals surface area contributed by atoms with Gasteiger partial charge in [0.1, 0.15) is 12.3 Å². The molecule has 2 amide bonds. The van der Waals surface area contributed by atoms with Crippen LogP contribution in [0.2, 0.25) is 0 Å². The first-order valence-electron chi connectivity index (χ1n) is 10.0. The maximum absolute atomic E-state index is 13.0. The largest absolute Gasteiger partial charge is 0.360 e. The van der Waals surface area contributed by atoms with Crippen molar-refractivity contribution < 1.29 is 23.9 Å². The van der Waals surface area contributed by atoms with Crippen LogP contribution < -0.4 is 10.2 Å². The number of benzene rings is 1. The van der Waals surface area contributed by atoms with Gasteiger partial charge in [-0.15, -0.1) is 0 Å². The molecule has 2 heterocycles. The van der Waals surface area contributed by atoms with Gasteiger partial charge in [0, 0.05) is 23.8 Å². The lowest BCUT2D eigenvalue weighted by molar-refractivity contribution is -0.904. The van der Waals surface area contributed by atoms with Crippen molar-refractivity contribution in [2.45, 2.75) is 26.2 Å². The minimum absolute atomic E-state index is 0.0880. The number of aryl methyl sites for hydroxylation is 1. The van der Waals surface area contributed by atoms with Crippen molar-refractivity contribution in [2.24, 2.45) is 0 Å². The quantitative estimate of drug-likeness (QED) is 0.490. The fourth-order valence-corrected chi connectivity index (χ4v) is 3.54. The smallest absolute Gasteiger partial charge is 0.269 e. The van der Waals surface area contributed by atoms with Crippen molar-refractivity contribution in [1.82, 2.24) is 10.1 Å². The SMILES string of the molecule is Cc1cc(NC(=O)CN(CC[NH+]2CCCCC2)C(=O)c2ccc([N+](=O)[O-])cc2)no1. The number of nitrogens with zero attached hydrogens (tertiary/aromatic N) is 3. The molecule has 30 heavy (non-hydrogen) atoms. The van der Waals surface area contributed by atoms with Gasteiger partial charge in [-0.3, -0.25) is 19.7 Å². The molecule has 10 nitrogen and oxygen atoms in total. The van der Waals surface area contributed by atoms with E-state index in [-0.39, 0.29) is 24.0 Å². The Labute approximate surface area is 174 Å². The van der Waals surface area contributed by atoms with Crippen LogP contribution in [0.4, 0.5) is 11.5 Å². The molecular weight excluding hydrogens is 390 g/mol. The third kappa shape index (κ3) is 5.86. The average Bonchev–Trinajstić information content (AvgIpc) is 3.15. The number of hydrogen-bond acceptors (Lipinski definition) is 6. The minimum atomic E-state index is -0.515. The van der Waals surface area contributed by atoms with Crippen LogP contribution >= 0.6 is 0 Å². The van der Waals surface area contributed by atoms with Gasteiger partial charge in [-0.25, -0.2) is 0 Å². The molecule has 2 N–H and O–H groups in total. The van der Waals surface area contributed by atoms with Gasteiger partial charge in [-0.2, -0.15) is 0 Å². The molecule has 0 radical (unpaired) electrons. The van der Waals surface area contributed by atoms with E-state index in [2.05, 4.69) is 10.5 Å². The maximum atomic E-state index is 13.0. The van der Waals surface area contributed by atoms with Gasteiger partial charge in [0.05, 0.1) is 31.1 Å². The second-order valence-electron chi connectivity index (χ2n) is 7.46. The Kier molecular flexibility index (Phi) is 7.12. The van der Waals surface area contributed by atoms with E-state index < -0.39 is 4.92 Å². The molecule has 0 aliphatic carbocycles. The van der Waals surface area contributed by atoms with E-state index in [0.717, 1.165) is 32.5 Å². The van der Waals surface area contributed by atoms with E-state index in [0.29, 0.717) is 23.7 Å². The second-order valence-corrected chi connectivity index (χ2v) is 7.46. The average molecular weight is 416 g/mol.